The van der Waals surface area contributed by atoms with Crippen LogP contribution in [0.15, 0.2) is 18.2 Å². The van der Waals surface area contributed by atoms with Gasteiger partial charge in [-0.15, -0.1) is 0 Å². The molecule has 4 heteroatoms. The molecule has 0 saturated heterocycles. The van der Waals surface area contributed by atoms with Crippen LogP contribution in [0.5, 0.6) is 0 Å². The molecule has 4 nitrogen and oxygen atoms in total. The third-order valence-corrected chi connectivity index (χ3v) is 3.65. The van der Waals surface area contributed by atoms with E-state index in [0.717, 1.165) is 12.8 Å². The van der Waals surface area contributed by atoms with Crippen LogP contribution in [0.1, 0.15) is 41.3 Å². The largest absolute Gasteiger partial charge is 0.466 e. The Morgan fingerprint density at radius 1 is 1.25 bits per heavy atom. The van der Waals surface area contributed by atoms with Gasteiger partial charge in [0.05, 0.1) is 13.0 Å². The standard InChI is InChI=1S/C16H21NO3/c1-3-20-15(18)9-10-17(2)16(19)14-8-7-12-5-4-6-13(12)11-14/h7-8,11H,3-6,9-10H2,1-2H3. The molecule has 0 aliphatic heterocycles. The predicted octanol–water partition coefficient (Wildman–Crippen LogP) is 2.20. The molecule has 0 unspecified atom stereocenters. The molecule has 0 spiro atoms. The van der Waals surface area contributed by atoms with Crippen molar-refractivity contribution in [2.45, 2.75) is 32.6 Å². The smallest absolute Gasteiger partial charge is 0.307 e. The van der Waals surface area contributed by atoms with Crippen LogP contribution in [0.4, 0.5) is 0 Å². The average molecular weight is 275 g/mol. The normalized spacial score (nSPS) is 12.9. The van der Waals surface area contributed by atoms with Crippen molar-refractivity contribution in [3.05, 3.63) is 34.9 Å². The third kappa shape index (κ3) is 3.38. The molecule has 1 aliphatic carbocycles. The van der Waals surface area contributed by atoms with E-state index in [1.807, 2.05) is 12.1 Å². The Hall–Kier alpha value is -1.84. The topological polar surface area (TPSA) is 46.6 Å². The average Bonchev–Trinajstić information content (AvgIpc) is 2.91. The van der Waals surface area contributed by atoms with Crippen molar-refractivity contribution in [1.29, 1.82) is 0 Å². The maximum absolute atomic E-state index is 12.3. The zero-order chi connectivity index (χ0) is 14.5. The Balaban J connectivity index is 1.95. The summed E-state index contributed by atoms with van der Waals surface area (Å²) in [5.41, 5.74) is 3.35. The van der Waals surface area contributed by atoms with E-state index in [-0.39, 0.29) is 18.3 Å². The molecule has 0 saturated carbocycles. The van der Waals surface area contributed by atoms with Crippen molar-refractivity contribution >= 4 is 11.9 Å². The third-order valence-electron chi connectivity index (χ3n) is 3.65. The molecular weight excluding hydrogens is 254 g/mol. The van der Waals surface area contributed by atoms with Gasteiger partial charge in [-0.2, -0.15) is 0 Å². The molecule has 0 bridgehead atoms. The summed E-state index contributed by atoms with van der Waals surface area (Å²) in [4.78, 5) is 25.2. The number of nitrogens with zero attached hydrogens (tertiary/aromatic N) is 1. The minimum atomic E-state index is -0.263. The molecular formula is C16H21NO3. The van der Waals surface area contributed by atoms with Gasteiger partial charge in [0.2, 0.25) is 0 Å². The fraction of sp³-hybridized carbons (Fsp3) is 0.500. The van der Waals surface area contributed by atoms with Gasteiger partial charge >= 0.3 is 5.97 Å². The van der Waals surface area contributed by atoms with Gasteiger partial charge in [-0.25, -0.2) is 0 Å². The van der Waals surface area contributed by atoms with E-state index in [9.17, 15) is 9.59 Å². The Morgan fingerprint density at radius 3 is 2.75 bits per heavy atom. The second-order valence-electron chi connectivity index (χ2n) is 5.12. The lowest BCUT2D eigenvalue weighted by atomic mass is 10.1. The Morgan fingerprint density at radius 2 is 2.00 bits per heavy atom. The van der Waals surface area contributed by atoms with Crippen molar-refractivity contribution in [1.82, 2.24) is 4.90 Å². The number of benzene rings is 1. The highest BCUT2D eigenvalue weighted by Gasteiger charge is 2.17. The zero-order valence-electron chi connectivity index (χ0n) is 12.1. The van der Waals surface area contributed by atoms with Gasteiger partial charge in [-0.05, 0) is 49.4 Å². The van der Waals surface area contributed by atoms with Gasteiger partial charge in [-0.1, -0.05) is 6.07 Å². The summed E-state index contributed by atoms with van der Waals surface area (Å²) in [6.07, 6.45) is 3.58. The number of esters is 1. The molecule has 0 radical (unpaired) electrons. The molecule has 1 aromatic carbocycles. The van der Waals surface area contributed by atoms with E-state index in [1.165, 1.54) is 17.5 Å². The SMILES string of the molecule is CCOC(=O)CCN(C)C(=O)c1ccc2c(c1)CCC2. The van der Waals surface area contributed by atoms with Gasteiger partial charge in [0, 0.05) is 19.2 Å². The van der Waals surface area contributed by atoms with Crippen molar-refractivity contribution in [2.24, 2.45) is 0 Å². The molecule has 0 heterocycles. The molecule has 1 aliphatic rings. The van der Waals surface area contributed by atoms with E-state index in [2.05, 4.69) is 6.07 Å². The highest BCUT2D eigenvalue weighted by molar-refractivity contribution is 5.94. The highest BCUT2D eigenvalue weighted by atomic mass is 16.5. The minimum absolute atomic E-state index is 0.0380. The van der Waals surface area contributed by atoms with E-state index < -0.39 is 0 Å². The van der Waals surface area contributed by atoms with Crippen LogP contribution in [0.2, 0.25) is 0 Å². The quantitative estimate of drug-likeness (QED) is 0.774. The predicted molar refractivity (Wildman–Crippen MR) is 76.7 cm³/mol. The van der Waals surface area contributed by atoms with Crippen LogP contribution in [-0.2, 0) is 22.4 Å². The summed E-state index contributed by atoms with van der Waals surface area (Å²) in [6.45, 7) is 2.54. The summed E-state index contributed by atoms with van der Waals surface area (Å²) in [6, 6.07) is 5.92. The number of fused-ring (bicyclic) bond motifs is 1. The van der Waals surface area contributed by atoms with E-state index >= 15 is 0 Å². The molecule has 1 amide bonds. The molecule has 0 atom stereocenters. The summed E-state index contributed by atoms with van der Waals surface area (Å²) in [5, 5.41) is 0. The zero-order valence-corrected chi connectivity index (χ0v) is 12.1. The Labute approximate surface area is 119 Å². The van der Waals surface area contributed by atoms with E-state index in [0.29, 0.717) is 18.7 Å². The van der Waals surface area contributed by atoms with Gasteiger partial charge in [0.1, 0.15) is 0 Å². The first-order valence-corrected chi connectivity index (χ1v) is 7.14. The summed E-state index contributed by atoms with van der Waals surface area (Å²) >= 11 is 0. The van der Waals surface area contributed by atoms with Gasteiger partial charge in [0.25, 0.3) is 5.91 Å². The summed E-state index contributed by atoms with van der Waals surface area (Å²) < 4.78 is 4.86. The summed E-state index contributed by atoms with van der Waals surface area (Å²) in [7, 11) is 1.72. The Kier molecular flexibility index (Phi) is 4.77. The van der Waals surface area contributed by atoms with E-state index in [4.69, 9.17) is 4.74 Å². The highest BCUT2D eigenvalue weighted by Crippen LogP contribution is 2.23. The van der Waals surface area contributed by atoms with Crippen LogP contribution in [0.25, 0.3) is 0 Å². The lowest BCUT2D eigenvalue weighted by molar-refractivity contribution is -0.143. The first-order valence-electron chi connectivity index (χ1n) is 7.14. The van der Waals surface area contributed by atoms with Gasteiger partial charge in [0.15, 0.2) is 0 Å². The van der Waals surface area contributed by atoms with E-state index in [1.54, 1.807) is 18.9 Å². The monoisotopic (exact) mass is 275 g/mol. The number of ether oxygens (including phenoxy) is 1. The number of amides is 1. The van der Waals surface area contributed by atoms with Crippen LogP contribution in [0.3, 0.4) is 0 Å². The second kappa shape index (κ2) is 6.55. The first kappa shape index (κ1) is 14.6. The molecule has 1 aromatic rings. The number of carbonyl (C=O) groups is 2. The first-order chi connectivity index (χ1) is 9.61. The number of carbonyl (C=O) groups excluding carboxylic acids is 2. The molecule has 108 valence electrons. The molecule has 0 fully saturated rings. The maximum Gasteiger partial charge on any atom is 0.307 e. The maximum atomic E-state index is 12.3. The molecule has 2 rings (SSSR count). The lowest BCUT2D eigenvalue weighted by Crippen LogP contribution is -2.29. The Bertz CT molecular complexity index is 510. The van der Waals surface area contributed by atoms with Crippen molar-refractivity contribution in [2.75, 3.05) is 20.2 Å². The van der Waals surface area contributed by atoms with Gasteiger partial charge < -0.3 is 9.64 Å². The van der Waals surface area contributed by atoms with Crippen molar-refractivity contribution < 1.29 is 14.3 Å². The second-order valence-corrected chi connectivity index (χ2v) is 5.12. The van der Waals surface area contributed by atoms with Crippen LogP contribution < -0.4 is 0 Å². The fourth-order valence-corrected chi connectivity index (χ4v) is 2.52. The van der Waals surface area contributed by atoms with Crippen LogP contribution in [0, 0.1) is 0 Å². The summed E-state index contributed by atoms with van der Waals surface area (Å²) in [5.74, 6) is -0.301. The minimum Gasteiger partial charge on any atom is -0.466 e. The van der Waals surface area contributed by atoms with Crippen molar-refractivity contribution in [3.63, 3.8) is 0 Å². The van der Waals surface area contributed by atoms with Crippen LogP contribution >= 0.6 is 0 Å². The molecule has 0 N–H and O–H groups in total. The van der Waals surface area contributed by atoms with Crippen molar-refractivity contribution in [3.8, 4) is 0 Å². The number of hydrogen-bond donors (Lipinski definition) is 0. The number of hydrogen-bond acceptors (Lipinski definition) is 3. The lowest BCUT2D eigenvalue weighted by Gasteiger charge is -2.17. The van der Waals surface area contributed by atoms with Gasteiger partial charge in [-0.3, -0.25) is 9.59 Å². The number of rotatable bonds is 5. The van der Waals surface area contributed by atoms with Crippen LogP contribution in [-0.4, -0.2) is 37.0 Å². The fourth-order valence-electron chi connectivity index (χ4n) is 2.52. The molecule has 20 heavy (non-hydrogen) atoms. The number of aryl methyl sites for hydroxylation is 2. The molecule has 0 aromatic heterocycles.